The fourth-order valence-corrected chi connectivity index (χ4v) is 3.67. The number of amides is 1. The van der Waals surface area contributed by atoms with Crippen molar-refractivity contribution in [3.8, 4) is 0 Å². The molecule has 0 aromatic rings. The van der Waals surface area contributed by atoms with Crippen LogP contribution in [0.25, 0.3) is 0 Å². The molecule has 0 radical (unpaired) electrons. The normalized spacial score (nSPS) is 36.5. The average Bonchev–Trinajstić information content (AvgIpc) is 2.90. The minimum Gasteiger partial charge on any atom is -0.388 e. The predicted octanol–water partition coefficient (Wildman–Crippen LogP) is 0.0325. The Labute approximate surface area is 126 Å². The molecule has 122 valence electrons. The van der Waals surface area contributed by atoms with Crippen LogP contribution in [0.3, 0.4) is 0 Å². The maximum absolute atomic E-state index is 12.6. The molecule has 1 aliphatic heterocycles. The molecule has 2 aliphatic rings. The van der Waals surface area contributed by atoms with E-state index in [9.17, 15) is 9.90 Å². The highest BCUT2D eigenvalue weighted by Gasteiger charge is 2.71. The summed E-state index contributed by atoms with van der Waals surface area (Å²) in [5.41, 5.74) is 4.12. The van der Waals surface area contributed by atoms with Crippen molar-refractivity contribution in [2.75, 3.05) is 26.9 Å². The van der Waals surface area contributed by atoms with Crippen LogP contribution >= 0.6 is 0 Å². The predicted molar refractivity (Wildman–Crippen MR) is 78.7 cm³/mol. The van der Waals surface area contributed by atoms with E-state index >= 15 is 0 Å². The molecular weight excluding hydrogens is 272 g/mol. The number of methoxy groups -OCH3 is 1. The first kappa shape index (κ1) is 16.7. The summed E-state index contributed by atoms with van der Waals surface area (Å²) in [5.74, 6) is -0.131. The first-order valence-corrected chi connectivity index (χ1v) is 7.57. The Morgan fingerprint density at radius 3 is 2.86 bits per heavy atom. The number of carbonyl (C=O) groups excluding carboxylic acids is 1. The Morgan fingerprint density at radius 2 is 2.24 bits per heavy atom. The molecule has 4 atom stereocenters. The summed E-state index contributed by atoms with van der Waals surface area (Å²) >= 11 is 0. The molecule has 1 heterocycles. The third kappa shape index (κ3) is 2.59. The smallest absolute Gasteiger partial charge is 0.241 e. The van der Waals surface area contributed by atoms with Crippen LogP contribution in [0.1, 0.15) is 33.6 Å². The van der Waals surface area contributed by atoms with Gasteiger partial charge in [0.2, 0.25) is 5.91 Å². The molecule has 4 N–H and O–H groups in total. The van der Waals surface area contributed by atoms with Gasteiger partial charge in [0.1, 0.15) is 5.54 Å². The lowest BCUT2D eigenvalue weighted by atomic mass is 9.48. The number of rotatable bonds is 6. The fourth-order valence-electron chi connectivity index (χ4n) is 3.67. The molecule has 1 aliphatic carbocycles. The van der Waals surface area contributed by atoms with E-state index < -0.39 is 16.6 Å². The summed E-state index contributed by atoms with van der Waals surface area (Å²) in [6, 6.07) is 0. The van der Waals surface area contributed by atoms with Gasteiger partial charge in [-0.05, 0) is 13.3 Å². The van der Waals surface area contributed by atoms with Crippen LogP contribution < -0.4 is 11.1 Å². The van der Waals surface area contributed by atoms with Gasteiger partial charge in [0.15, 0.2) is 0 Å². The number of hydrogen-bond donors (Lipinski definition) is 3. The number of fused-ring (bicyclic) bond motifs is 1. The lowest BCUT2D eigenvalue weighted by Crippen LogP contribution is -2.80. The molecule has 1 saturated carbocycles. The van der Waals surface area contributed by atoms with Gasteiger partial charge < -0.3 is 25.6 Å². The van der Waals surface area contributed by atoms with E-state index in [2.05, 4.69) is 5.32 Å². The van der Waals surface area contributed by atoms with Crippen molar-refractivity contribution in [2.24, 2.45) is 17.1 Å². The first-order chi connectivity index (χ1) is 9.67. The van der Waals surface area contributed by atoms with Crippen molar-refractivity contribution < 1.29 is 19.4 Å². The van der Waals surface area contributed by atoms with Crippen LogP contribution in [0.2, 0.25) is 0 Å². The molecule has 6 heteroatoms. The largest absolute Gasteiger partial charge is 0.388 e. The van der Waals surface area contributed by atoms with Crippen LogP contribution in [-0.4, -0.2) is 55.1 Å². The number of hydrogen-bond acceptors (Lipinski definition) is 5. The Balaban J connectivity index is 1.97. The Morgan fingerprint density at radius 1 is 1.57 bits per heavy atom. The Hall–Kier alpha value is -0.690. The first-order valence-electron chi connectivity index (χ1n) is 7.57. The summed E-state index contributed by atoms with van der Waals surface area (Å²) in [7, 11) is 1.58. The maximum atomic E-state index is 12.6. The van der Waals surface area contributed by atoms with E-state index in [0.717, 1.165) is 6.42 Å². The number of aliphatic hydroxyl groups is 1. The monoisotopic (exact) mass is 300 g/mol. The third-order valence-electron chi connectivity index (χ3n) is 5.30. The van der Waals surface area contributed by atoms with Gasteiger partial charge in [-0.2, -0.15) is 0 Å². The van der Waals surface area contributed by atoms with Crippen LogP contribution in [0, 0.1) is 11.3 Å². The standard InChI is InChI=1S/C15H28N2O4/c1-13(2)11-10(5-7-21-11)15(13,16)12(18)17-9-14(3,19)6-8-20-4/h10-11,19H,5-9,16H2,1-4H3,(H,17,18). The Kier molecular flexibility index (Phi) is 4.37. The molecule has 0 spiro atoms. The van der Waals surface area contributed by atoms with Crippen molar-refractivity contribution >= 4 is 5.91 Å². The number of ether oxygens (including phenoxy) is 2. The van der Waals surface area contributed by atoms with Crippen molar-refractivity contribution in [3.05, 3.63) is 0 Å². The molecule has 2 rings (SSSR count). The molecule has 0 aromatic carbocycles. The summed E-state index contributed by atoms with van der Waals surface area (Å²) in [6.45, 7) is 6.91. The molecule has 1 saturated heterocycles. The summed E-state index contributed by atoms with van der Waals surface area (Å²) in [5, 5.41) is 13.0. The summed E-state index contributed by atoms with van der Waals surface area (Å²) < 4.78 is 10.6. The van der Waals surface area contributed by atoms with Gasteiger partial charge in [-0.25, -0.2) is 0 Å². The molecule has 21 heavy (non-hydrogen) atoms. The van der Waals surface area contributed by atoms with E-state index in [4.69, 9.17) is 15.2 Å². The minimum atomic E-state index is -0.999. The van der Waals surface area contributed by atoms with Gasteiger partial charge in [-0.3, -0.25) is 4.79 Å². The number of nitrogens with one attached hydrogen (secondary N) is 1. The zero-order valence-corrected chi connectivity index (χ0v) is 13.4. The van der Waals surface area contributed by atoms with Crippen molar-refractivity contribution in [1.82, 2.24) is 5.32 Å². The van der Waals surface area contributed by atoms with Gasteiger partial charge in [-0.1, -0.05) is 13.8 Å². The highest BCUT2D eigenvalue weighted by molar-refractivity contribution is 5.89. The highest BCUT2D eigenvalue weighted by Crippen LogP contribution is 2.58. The topological polar surface area (TPSA) is 93.8 Å². The van der Waals surface area contributed by atoms with E-state index in [-0.39, 0.29) is 24.5 Å². The van der Waals surface area contributed by atoms with Gasteiger partial charge in [0.05, 0.1) is 11.7 Å². The fraction of sp³-hybridized carbons (Fsp3) is 0.933. The van der Waals surface area contributed by atoms with Crippen molar-refractivity contribution in [3.63, 3.8) is 0 Å². The number of carbonyl (C=O) groups is 1. The summed E-state index contributed by atoms with van der Waals surface area (Å²) in [4.78, 5) is 12.6. The van der Waals surface area contributed by atoms with E-state index in [1.807, 2.05) is 13.8 Å². The molecule has 1 amide bonds. The van der Waals surface area contributed by atoms with Gasteiger partial charge >= 0.3 is 0 Å². The van der Waals surface area contributed by atoms with Crippen LogP contribution in [-0.2, 0) is 14.3 Å². The van der Waals surface area contributed by atoms with Gasteiger partial charge in [-0.15, -0.1) is 0 Å². The molecule has 6 nitrogen and oxygen atoms in total. The number of nitrogens with two attached hydrogens (primary N) is 1. The minimum absolute atomic E-state index is 0.0576. The molecule has 0 aromatic heterocycles. The highest BCUT2D eigenvalue weighted by atomic mass is 16.5. The molecule has 4 unspecified atom stereocenters. The molecule has 2 fully saturated rings. The lowest BCUT2D eigenvalue weighted by molar-refractivity contribution is -0.176. The van der Waals surface area contributed by atoms with Crippen molar-refractivity contribution in [2.45, 2.75) is 50.9 Å². The zero-order chi connectivity index (χ0) is 15.9. The molecular formula is C15H28N2O4. The van der Waals surface area contributed by atoms with Gasteiger partial charge in [0, 0.05) is 44.6 Å². The maximum Gasteiger partial charge on any atom is 0.241 e. The van der Waals surface area contributed by atoms with Gasteiger partial charge in [0.25, 0.3) is 0 Å². The van der Waals surface area contributed by atoms with Crippen LogP contribution in [0.5, 0.6) is 0 Å². The van der Waals surface area contributed by atoms with Crippen molar-refractivity contribution in [1.29, 1.82) is 0 Å². The van der Waals surface area contributed by atoms with E-state index in [1.54, 1.807) is 14.0 Å². The zero-order valence-electron chi connectivity index (χ0n) is 13.4. The average molecular weight is 300 g/mol. The third-order valence-corrected chi connectivity index (χ3v) is 5.30. The SMILES string of the molecule is COCCC(C)(O)CNC(=O)C1(N)C2CCOC2C1(C)C. The second-order valence-electron chi connectivity index (χ2n) is 7.20. The summed E-state index contributed by atoms with van der Waals surface area (Å²) in [6.07, 6.45) is 1.33. The molecule has 0 bridgehead atoms. The van der Waals surface area contributed by atoms with Crippen LogP contribution in [0.15, 0.2) is 0 Å². The lowest BCUT2D eigenvalue weighted by Gasteiger charge is -2.60. The Bertz CT molecular complexity index is 410. The second-order valence-corrected chi connectivity index (χ2v) is 7.20. The van der Waals surface area contributed by atoms with E-state index in [0.29, 0.717) is 19.6 Å². The quantitative estimate of drug-likeness (QED) is 0.643. The van der Waals surface area contributed by atoms with Crippen LogP contribution in [0.4, 0.5) is 0 Å². The second kappa shape index (κ2) is 5.50. The van der Waals surface area contributed by atoms with E-state index in [1.165, 1.54) is 0 Å².